The Balaban J connectivity index is 0.000000705. The highest BCUT2D eigenvalue weighted by molar-refractivity contribution is 6.27. The van der Waals surface area contributed by atoms with Crippen LogP contribution < -0.4 is 5.32 Å². The van der Waals surface area contributed by atoms with Gasteiger partial charge in [-0.05, 0) is 51.3 Å². The number of nitrogens with one attached hydrogen (secondary N) is 1. The number of rotatable bonds is 9. The number of nitrogens with zero attached hydrogens (tertiary/aromatic N) is 1. The van der Waals surface area contributed by atoms with Crippen LogP contribution in [-0.4, -0.2) is 88.6 Å². The predicted molar refractivity (Wildman–Crippen MR) is 119 cm³/mol. The number of benzene rings is 1. The van der Waals surface area contributed by atoms with E-state index < -0.39 is 23.9 Å². The van der Waals surface area contributed by atoms with Gasteiger partial charge in [-0.25, -0.2) is 19.2 Å². The monoisotopic (exact) mass is 470 g/mol. The van der Waals surface area contributed by atoms with Crippen molar-refractivity contribution < 1.29 is 44.3 Å². The zero-order chi connectivity index (χ0) is 25.1. The first kappa shape index (κ1) is 30.0. The summed E-state index contributed by atoms with van der Waals surface area (Å²) >= 11 is 0. The minimum atomic E-state index is -1.82. The van der Waals surface area contributed by atoms with Crippen molar-refractivity contribution in [2.24, 2.45) is 0 Å². The van der Waals surface area contributed by atoms with Gasteiger partial charge in [-0.2, -0.15) is 0 Å². The van der Waals surface area contributed by atoms with Gasteiger partial charge in [0.2, 0.25) is 0 Å². The van der Waals surface area contributed by atoms with Gasteiger partial charge in [0, 0.05) is 26.2 Å². The van der Waals surface area contributed by atoms with Crippen LogP contribution in [0, 0.1) is 0 Å². The highest BCUT2D eigenvalue weighted by Crippen LogP contribution is 2.16. The van der Waals surface area contributed by atoms with E-state index in [9.17, 15) is 0 Å². The van der Waals surface area contributed by atoms with E-state index in [0.717, 1.165) is 19.7 Å². The minimum Gasteiger partial charge on any atom is -0.473 e. The Hall–Kier alpha value is -3.02. The highest BCUT2D eigenvalue weighted by atomic mass is 16.5. The molecule has 11 heteroatoms. The summed E-state index contributed by atoms with van der Waals surface area (Å²) in [5, 5.41) is 32.8. The standard InChI is InChI=1S/C18H30N2O.2C2H2O4/c1-19-12-6-3-7-15-21-18-10-13-20(14-11-18)16-17-8-4-2-5-9-17;2*3-1(4)2(5)6/h2,4-5,8-9,18-19H,3,6-7,10-16H2,1H3;2*(H,3,4)(H,5,6). The molecular formula is C22H34N2O9. The van der Waals surface area contributed by atoms with Crippen molar-refractivity contribution in [3.63, 3.8) is 0 Å². The normalized spacial score (nSPS) is 13.6. The van der Waals surface area contributed by atoms with Crippen molar-refractivity contribution in [1.82, 2.24) is 10.2 Å². The summed E-state index contributed by atoms with van der Waals surface area (Å²) in [6.07, 6.45) is 6.59. The molecule has 0 atom stereocenters. The number of unbranched alkanes of at least 4 members (excludes halogenated alkanes) is 2. The van der Waals surface area contributed by atoms with E-state index in [0.29, 0.717) is 6.10 Å². The zero-order valence-corrected chi connectivity index (χ0v) is 18.8. The summed E-state index contributed by atoms with van der Waals surface area (Å²) < 4.78 is 6.01. The Morgan fingerprint density at radius 1 is 0.879 bits per heavy atom. The minimum absolute atomic E-state index is 0.487. The van der Waals surface area contributed by atoms with Crippen molar-refractivity contribution in [3.05, 3.63) is 35.9 Å². The lowest BCUT2D eigenvalue weighted by molar-refractivity contribution is -0.159. The summed E-state index contributed by atoms with van der Waals surface area (Å²) in [6.45, 7) is 5.47. The largest absolute Gasteiger partial charge is 0.473 e. The van der Waals surface area contributed by atoms with Gasteiger partial charge in [0.05, 0.1) is 6.10 Å². The second-order valence-corrected chi connectivity index (χ2v) is 7.22. The number of carbonyl (C=O) groups is 4. The first-order chi connectivity index (χ1) is 15.7. The molecule has 0 aliphatic carbocycles. The third kappa shape index (κ3) is 17.2. The van der Waals surface area contributed by atoms with E-state index >= 15 is 0 Å². The van der Waals surface area contributed by atoms with Crippen LogP contribution in [0.3, 0.4) is 0 Å². The first-order valence-electron chi connectivity index (χ1n) is 10.6. The first-order valence-corrected chi connectivity index (χ1v) is 10.6. The Morgan fingerprint density at radius 2 is 1.39 bits per heavy atom. The van der Waals surface area contributed by atoms with Crippen molar-refractivity contribution in [2.75, 3.05) is 33.3 Å². The molecule has 0 bridgehead atoms. The van der Waals surface area contributed by atoms with Crippen LogP contribution in [0.4, 0.5) is 0 Å². The SMILES string of the molecule is CNCCCCCOC1CCN(Cc2ccccc2)CC1.O=C(O)C(=O)O.O=C(O)C(=O)O. The third-order valence-corrected chi connectivity index (χ3v) is 4.57. The number of piperidine rings is 1. The third-order valence-electron chi connectivity index (χ3n) is 4.57. The van der Waals surface area contributed by atoms with Crippen LogP contribution in [0.15, 0.2) is 30.3 Å². The number of ether oxygens (including phenoxy) is 1. The summed E-state index contributed by atoms with van der Waals surface area (Å²) in [7, 11) is 2.01. The molecule has 33 heavy (non-hydrogen) atoms. The smallest absolute Gasteiger partial charge is 0.414 e. The average Bonchev–Trinajstić information content (AvgIpc) is 2.78. The van der Waals surface area contributed by atoms with Crippen LogP contribution in [0.1, 0.15) is 37.7 Å². The van der Waals surface area contributed by atoms with E-state index in [-0.39, 0.29) is 0 Å². The van der Waals surface area contributed by atoms with E-state index in [1.807, 2.05) is 7.05 Å². The fourth-order valence-corrected chi connectivity index (χ4v) is 2.91. The van der Waals surface area contributed by atoms with Gasteiger partial charge in [0.25, 0.3) is 0 Å². The molecule has 1 aliphatic rings. The molecule has 1 heterocycles. The van der Waals surface area contributed by atoms with Crippen molar-refractivity contribution in [3.8, 4) is 0 Å². The van der Waals surface area contributed by atoms with Gasteiger partial charge >= 0.3 is 23.9 Å². The van der Waals surface area contributed by atoms with E-state index in [2.05, 4.69) is 40.5 Å². The van der Waals surface area contributed by atoms with Gasteiger partial charge in [-0.15, -0.1) is 0 Å². The Morgan fingerprint density at radius 3 is 1.85 bits per heavy atom. The van der Waals surface area contributed by atoms with Gasteiger partial charge in [-0.3, -0.25) is 4.90 Å². The highest BCUT2D eigenvalue weighted by Gasteiger charge is 2.19. The molecule has 186 valence electrons. The maximum atomic E-state index is 9.10. The quantitative estimate of drug-likeness (QED) is 0.260. The van der Waals surface area contributed by atoms with Crippen molar-refractivity contribution >= 4 is 23.9 Å². The van der Waals surface area contributed by atoms with Gasteiger partial charge < -0.3 is 30.5 Å². The summed E-state index contributed by atoms with van der Waals surface area (Å²) in [4.78, 5) is 38.9. The molecular weight excluding hydrogens is 436 g/mol. The molecule has 0 aromatic heterocycles. The Bertz CT molecular complexity index is 657. The second-order valence-electron chi connectivity index (χ2n) is 7.22. The Kier molecular flexibility index (Phi) is 16.8. The number of carboxylic acid groups (broad SMARTS) is 4. The molecule has 1 aromatic carbocycles. The van der Waals surface area contributed by atoms with Crippen molar-refractivity contribution in [1.29, 1.82) is 0 Å². The van der Waals surface area contributed by atoms with Gasteiger partial charge in [0.1, 0.15) is 0 Å². The number of likely N-dealkylation sites (tertiary alicyclic amines) is 1. The van der Waals surface area contributed by atoms with Crippen LogP contribution in [0.25, 0.3) is 0 Å². The second kappa shape index (κ2) is 18.5. The number of carboxylic acids is 4. The fraction of sp³-hybridized carbons (Fsp3) is 0.545. The zero-order valence-electron chi connectivity index (χ0n) is 18.8. The molecule has 0 radical (unpaired) electrons. The average molecular weight is 471 g/mol. The molecule has 1 fully saturated rings. The van der Waals surface area contributed by atoms with Crippen molar-refractivity contribution in [2.45, 2.75) is 44.8 Å². The summed E-state index contributed by atoms with van der Waals surface area (Å²) in [5.41, 5.74) is 1.42. The van der Waals surface area contributed by atoms with E-state index in [1.165, 1.54) is 50.8 Å². The molecule has 1 aromatic rings. The maximum absolute atomic E-state index is 9.10. The number of hydrogen-bond donors (Lipinski definition) is 5. The van der Waals surface area contributed by atoms with Crippen LogP contribution >= 0.6 is 0 Å². The molecule has 0 spiro atoms. The molecule has 11 nitrogen and oxygen atoms in total. The molecule has 2 rings (SSSR count). The van der Waals surface area contributed by atoms with E-state index in [1.54, 1.807) is 0 Å². The summed E-state index contributed by atoms with van der Waals surface area (Å²) in [6, 6.07) is 10.8. The topological polar surface area (TPSA) is 174 Å². The summed E-state index contributed by atoms with van der Waals surface area (Å²) in [5.74, 6) is -7.30. The van der Waals surface area contributed by atoms with Crippen LogP contribution in [0.5, 0.6) is 0 Å². The van der Waals surface area contributed by atoms with E-state index in [4.69, 9.17) is 44.3 Å². The number of hydrogen-bond acceptors (Lipinski definition) is 7. The van der Waals surface area contributed by atoms with Crippen LogP contribution in [-0.2, 0) is 30.5 Å². The lowest BCUT2D eigenvalue weighted by atomic mass is 10.1. The van der Waals surface area contributed by atoms with Crippen LogP contribution in [0.2, 0.25) is 0 Å². The molecule has 1 saturated heterocycles. The lowest BCUT2D eigenvalue weighted by Gasteiger charge is -2.32. The van der Waals surface area contributed by atoms with Gasteiger partial charge in [0.15, 0.2) is 0 Å². The maximum Gasteiger partial charge on any atom is 0.414 e. The molecule has 0 saturated carbocycles. The van der Waals surface area contributed by atoms with Gasteiger partial charge in [-0.1, -0.05) is 30.3 Å². The molecule has 0 amide bonds. The fourth-order valence-electron chi connectivity index (χ4n) is 2.91. The lowest BCUT2D eigenvalue weighted by Crippen LogP contribution is -2.36. The molecule has 0 unspecified atom stereocenters. The molecule has 5 N–H and O–H groups in total. The Labute approximate surface area is 193 Å². The predicted octanol–water partition coefficient (Wildman–Crippen LogP) is 1.37. The molecule has 1 aliphatic heterocycles. The number of aliphatic carboxylic acids is 4.